The van der Waals surface area contributed by atoms with Crippen molar-refractivity contribution in [3.8, 4) is 0 Å². The van der Waals surface area contributed by atoms with E-state index in [2.05, 4.69) is 41.7 Å². The first kappa shape index (κ1) is 25.2. The molecular formula is C31H28N2O2S2. The molecule has 2 aliphatic rings. The van der Waals surface area contributed by atoms with Crippen molar-refractivity contribution in [2.45, 2.75) is 32.4 Å². The van der Waals surface area contributed by atoms with Crippen LogP contribution in [-0.2, 0) is 9.59 Å². The van der Waals surface area contributed by atoms with E-state index in [4.69, 9.17) is 0 Å². The molecule has 37 heavy (non-hydrogen) atoms. The van der Waals surface area contributed by atoms with Gasteiger partial charge in [-0.15, -0.1) is 23.5 Å². The van der Waals surface area contributed by atoms with Gasteiger partial charge in [0.25, 0.3) is 0 Å². The van der Waals surface area contributed by atoms with Gasteiger partial charge in [0.1, 0.15) is 10.5 Å². The largest absolute Gasteiger partial charge is 0.347 e. The molecule has 1 N–H and O–H groups in total. The number of benzene rings is 4. The van der Waals surface area contributed by atoms with Gasteiger partial charge in [-0.05, 0) is 35.4 Å². The van der Waals surface area contributed by atoms with E-state index in [1.54, 1.807) is 23.5 Å². The molecule has 0 unspecified atom stereocenters. The predicted molar refractivity (Wildman–Crippen MR) is 151 cm³/mol. The van der Waals surface area contributed by atoms with Gasteiger partial charge in [0.05, 0.1) is 12.1 Å². The molecule has 0 aliphatic carbocycles. The monoisotopic (exact) mass is 524 g/mol. The van der Waals surface area contributed by atoms with Crippen LogP contribution in [0.25, 0.3) is 0 Å². The Balaban J connectivity index is 0.000000152. The summed E-state index contributed by atoms with van der Waals surface area (Å²) >= 11 is 3.28. The van der Waals surface area contributed by atoms with Crippen LogP contribution in [0.1, 0.15) is 23.2 Å². The molecule has 0 spiro atoms. The minimum Gasteiger partial charge on any atom is -0.347 e. The summed E-state index contributed by atoms with van der Waals surface area (Å²) in [7, 11) is 1.88. The van der Waals surface area contributed by atoms with Crippen LogP contribution in [0.15, 0.2) is 131 Å². The number of amides is 2. The standard InChI is InChI=1S/C16H15NOS.C15H13NOS/c1-17-14(12-8-4-2-5-9-12)15(16(17)18)19-13-10-6-3-7-11-13;17-15-14(18-12-9-5-2-6-10-12)13(16-15)11-7-3-1-4-8-11/h2-11,14-15H,1H3;1-10,13-14H,(H,16,17)/t14-,15+;13-,14+/m00/s1. The number of nitrogens with one attached hydrogen (secondary N) is 1. The molecule has 0 radical (unpaired) electrons. The van der Waals surface area contributed by atoms with E-state index < -0.39 is 0 Å². The van der Waals surface area contributed by atoms with E-state index in [9.17, 15) is 9.59 Å². The molecule has 2 fully saturated rings. The minimum atomic E-state index is -0.0187. The minimum absolute atomic E-state index is 0.00481. The van der Waals surface area contributed by atoms with Crippen molar-refractivity contribution < 1.29 is 9.59 Å². The first-order chi connectivity index (χ1) is 18.1. The number of thioether (sulfide) groups is 2. The van der Waals surface area contributed by atoms with Crippen LogP contribution in [-0.4, -0.2) is 34.3 Å². The lowest BCUT2D eigenvalue weighted by molar-refractivity contribution is -0.142. The summed E-state index contributed by atoms with van der Waals surface area (Å²) in [5, 5.41) is 2.95. The van der Waals surface area contributed by atoms with Gasteiger partial charge in [-0.2, -0.15) is 0 Å². The van der Waals surface area contributed by atoms with Crippen LogP contribution in [0.2, 0.25) is 0 Å². The molecule has 2 amide bonds. The van der Waals surface area contributed by atoms with E-state index in [1.165, 1.54) is 11.1 Å². The fraction of sp³-hybridized carbons (Fsp3) is 0.161. The lowest BCUT2D eigenvalue weighted by atomic mass is 9.94. The van der Waals surface area contributed by atoms with Crippen LogP contribution in [0.3, 0.4) is 0 Å². The van der Waals surface area contributed by atoms with E-state index in [-0.39, 0.29) is 34.4 Å². The van der Waals surface area contributed by atoms with E-state index in [1.807, 2.05) is 96.9 Å². The number of hydrogen-bond donors (Lipinski definition) is 1. The molecule has 2 saturated heterocycles. The zero-order valence-electron chi connectivity index (χ0n) is 20.4. The highest BCUT2D eigenvalue weighted by Gasteiger charge is 2.46. The second-order valence-corrected chi connectivity index (χ2v) is 11.3. The molecule has 4 aromatic carbocycles. The Labute approximate surface area is 226 Å². The van der Waals surface area contributed by atoms with Gasteiger partial charge in [0, 0.05) is 16.8 Å². The fourth-order valence-electron chi connectivity index (χ4n) is 4.45. The van der Waals surface area contributed by atoms with Gasteiger partial charge in [-0.25, -0.2) is 0 Å². The molecule has 2 heterocycles. The van der Waals surface area contributed by atoms with E-state index in [0.29, 0.717) is 0 Å². The number of nitrogens with zero attached hydrogens (tertiary/aromatic N) is 1. The molecule has 4 atom stereocenters. The molecule has 0 bridgehead atoms. The zero-order chi connectivity index (χ0) is 25.6. The third kappa shape index (κ3) is 5.76. The van der Waals surface area contributed by atoms with Gasteiger partial charge >= 0.3 is 0 Å². The highest BCUT2D eigenvalue weighted by molar-refractivity contribution is 8.01. The second-order valence-electron chi connectivity index (χ2n) is 8.90. The van der Waals surface area contributed by atoms with Crippen molar-refractivity contribution in [1.29, 1.82) is 0 Å². The third-order valence-electron chi connectivity index (χ3n) is 6.47. The van der Waals surface area contributed by atoms with Crippen LogP contribution in [0, 0.1) is 0 Å². The van der Waals surface area contributed by atoms with Crippen LogP contribution in [0.5, 0.6) is 0 Å². The average molecular weight is 525 g/mol. The van der Waals surface area contributed by atoms with Crippen molar-refractivity contribution >= 4 is 35.3 Å². The number of rotatable bonds is 6. The predicted octanol–water partition coefficient (Wildman–Crippen LogP) is 6.38. The SMILES string of the molecule is CN1C(=O)[C@H](Sc2ccccc2)[C@@H]1c1ccccc1.O=C1N[C@@H](c2ccccc2)[C@H]1Sc1ccccc1. The molecule has 0 aromatic heterocycles. The quantitative estimate of drug-likeness (QED) is 0.298. The van der Waals surface area contributed by atoms with Crippen LogP contribution >= 0.6 is 23.5 Å². The first-order valence-electron chi connectivity index (χ1n) is 12.2. The van der Waals surface area contributed by atoms with Gasteiger partial charge in [0.2, 0.25) is 11.8 Å². The lowest BCUT2D eigenvalue weighted by Gasteiger charge is -2.44. The maximum atomic E-state index is 12.1. The molecule has 4 aromatic rings. The molecule has 2 aliphatic heterocycles. The summed E-state index contributed by atoms with van der Waals surface area (Å²) in [6.07, 6.45) is 0. The summed E-state index contributed by atoms with van der Waals surface area (Å²) in [5.74, 6) is 0.334. The second kappa shape index (κ2) is 11.7. The van der Waals surface area contributed by atoms with Gasteiger partial charge < -0.3 is 10.2 Å². The number of carbonyl (C=O) groups is 2. The Bertz CT molecular complexity index is 1320. The average Bonchev–Trinajstić information content (AvgIpc) is 2.96. The summed E-state index contributed by atoms with van der Waals surface area (Å²) < 4.78 is 0. The van der Waals surface area contributed by atoms with Crippen molar-refractivity contribution in [3.05, 3.63) is 132 Å². The molecule has 0 saturated carbocycles. The Hall–Kier alpha value is -3.48. The Morgan fingerprint density at radius 2 is 1.03 bits per heavy atom. The molecular weight excluding hydrogens is 496 g/mol. The maximum absolute atomic E-state index is 12.1. The van der Waals surface area contributed by atoms with Crippen molar-refractivity contribution in [2.75, 3.05) is 7.05 Å². The molecule has 6 heteroatoms. The van der Waals surface area contributed by atoms with Crippen molar-refractivity contribution in [3.63, 3.8) is 0 Å². The highest BCUT2D eigenvalue weighted by Crippen LogP contribution is 2.43. The molecule has 186 valence electrons. The van der Waals surface area contributed by atoms with Crippen LogP contribution in [0.4, 0.5) is 0 Å². The van der Waals surface area contributed by atoms with Crippen molar-refractivity contribution in [2.24, 2.45) is 0 Å². The van der Waals surface area contributed by atoms with Crippen LogP contribution < -0.4 is 5.32 Å². The van der Waals surface area contributed by atoms with E-state index in [0.717, 1.165) is 9.79 Å². The Morgan fingerprint density at radius 1 is 0.595 bits per heavy atom. The lowest BCUT2D eigenvalue weighted by Crippen LogP contribution is -2.54. The summed E-state index contributed by atoms with van der Waals surface area (Å²) in [4.78, 5) is 27.9. The summed E-state index contributed by atoms with van der Waals surface area (Å²) in [5.41, 5.74) is 2.38. The zero-order valence-corrected chi connectivity index (χ0v) is 22.1. The number of likely N-dealkylation sites (tertiary alicyclic amines) is 1. The fourth-order valence-corrected chi connectivity index (χ4v) is 6.94. The molecule has 6 rings (SSSR count). The Kier molecular flexibility index (Phi) is 7.97. The first-order valence-corrected chi connectivity index (χ1v) is 14.0. The summed E-state index contributed by atoms with van der Waals surface area (Å²) in [6, 6.07) is 40.8. The Morgan fingerprint density at radius 3 is 1.51 bits per heavy atom. The number of hydrogen-bond acceptors (Lipinski definition) is 4. The third-order valence-corrected chi connectivity index (χ3v) is 9.01. The number of β-lactam (4-membered cyclic amide) rings is 2. The number of carbonyl (C=O) groups excluding carboxylic acids is 2. The van der Waals surface area contributed by atoms with Crippen molar-refractivity contribution in [1.82, 2.24) is 10.2 Å². The van der Waals surface area contributed by atoms with Gasteiger partial charge in [-0.1, -0.05) is 97.1 Å². The van der Waals surface area contributed by atoms with Gasteiger partial charge in [0.15, 0.2) is 0 Å². The van der Waals surface area contributed by atoms with E-state index >= 15 is 0 Å². The highest BCUT2D eigenvalue weighted by atomic mass is 32.2. The topological polar surface area (TPSA) is 49.4 Å². The smallest absolute Gasteiger partial charge is 0.238 e. The summed E-state index contributed by atoms with van der Waals surface area (Å²) in [6.45, 7) is 0. The maximum Gasteiger partial charge on any atom is 0.238 e. The normalized spacial score (nSPS) is 22.1. The molecule has 4 nitrogen and oxygen atoms in total. The van der Waals surface area contributed by atoms with Gasteiger partial charge in [-0.3, -0.25) is 9.59 Å².